The van der Waals surface area contributed by atoms with E-state index in [1.165, 1.54) is 19.3 Å². The van der Waals surface area contributed by atoms with Crippen molar-refractivity contribution < 1.29 is 9.53 Å². The maximum absolute atomic E-state index is 12.6. The van der Waals surface area contributed by atoms with Gasteiger partial charge < -0.3 is 15.0 Å². The summed E-state index contributed by atoms with van der Waals surface area (Å²) in [4.78, 5) is 34.0. The van der Waals surface area contributed by atoms with Crippen molar-refractivity contribution >= 4 is 16.8 Å². The lowest BCUT2D eigenvalue weighted by Crippen LogP contribution is -2.52. The third-order valence-corrected chi connectivity index (χ3v) is 5.05. The minimum absolute atomic E-state index is 0.0491. The van der Waals surface area contributed by atoms with E-state index in [0.29, 0.717) is 24.1 Å². The molecule has 2 fully saturated rings. The third-order valence-electron chi connectivity index (χ3n) is 5.05. The van der Waals surface area contributed by atoms with Crippen molar-refractivity contribution in [1.29, 1.82) is 0 Å². The number of ether oxygens (including phenoxy) is 1. The number of amides is 1. The van der Waals surface area contributed by atoms with Gasteiger partial charge in [-0.1, -0.05) is 18.6 Å². The van der Waals surface area contributed by atoms with Gasteiger partial charge in [0.1, 0.15) is 0 Å². The molecular weight excluding hydrogens is 320 g/mol. The van der Waals surface area contributed by atoms with Gasteiger partial charge in [-0.3, -0.25) is 14.5 Å². The van der Waals surface area contributed by atoms with Gasteiger partial charge in [-0.25, -0.2) is 4.98 Å². The van der Waals surface area contributed by atoms with Gasteiger partial charge in [0.2, 0.25) is 0 Å². The Labute approximate surface area is 145 Å². The molecule has 0 aliphatic carbocycles. The van der Waals surface area contributed by atoms with Crippen molar-refractivity contribution in [1.82, 2.24) is 20.2 Å². The van der Waals surface area contributed by atoms with Gasteiger partial charge in [-0.15, -0.1) is 0 Å². The summed E-state index contributed by atoms with van der Waals surface area (Å²) in [5.41, 5.74) is 0.220. The average Bonchev–Trinajstić information content (AvgIpc) is 3.10. The summed E-state index contributed by atoms with van der Waals surface area (Å²) in [5, 5.41) is 3.48. The molecule has 0 saturated carbocycles. The molecule has 132 valence electrons. The summed E-state index contributed by atoms with van der Waals surface area (Å²) in [7, 11) is 0. The van der Waals surface area contributed by atoms with Gasteiger partial charge in [-0.05, 0) is 38.1 Å². The fraction of sp³-hybridized carbons (Fsp3) is 0.500. The Kier molecular flexibility index (Phi) is 4.50. The highest BCUT2D eigenvalue weighted by Crippen LogP contribution is 2.19. The summed E-state index contributed by atoms with van der Waals surface area (Å²) < 4.78 is 5.60. The molecule has 3 heterocycles. The van der Waals surface area contributed by atoms with Crippen LogP contribution < -0.4 is 10.9 Å². The monoisotopic (exact) mass is 342 g/mol. The zero-order valence-corrected chi connectivity index (χ0v) is 14.0. The molecule has 1 aromatic carbocycles. The molecule has 25 heavy (non-hydrogen) atoms. The van der Waals surface area contributed by atoms with E-state index in [2.05, 4.69) is 20.2 Å². The van der Waals surface area contributed by atoms with Gasteiger partial charge in [0.25, 0.3) is 11.5 Å². The minimum atomic E-state index is -0.361. The number of piperidine rings is 1. The van der Waals surface area contributed by atoms with Crippen molar-refractivity contribution in [3.63, 3.8) is 0 Å². The second kappa shape index (κ2) is 6.93. The molecule has 2 aromatic rings. The van der Waals surface area contributed by atoms with Crippen LogP contribution in [-0.4, -0.2) is 59.2 Å². The Hall–Kier alpha value is -2.25. The van der Waals surface area contributed by atoms with E-state index in [0.717, 1.165) is 13.1 Å². The summed E-state index contributed by atoms with van der Waals surface area (Å²) in [5.74, 6) is -0.312. The molecule has 2 atom stereocenters. The smallest absolute Gasteiger partial charge is 0.287 e. The van der Waals surface area contributed by atoms with E-state index in [9.17, 15) is 9.59 Å². The molecule has 2 saturated heterocycles. The van der Waals surface area contributed by atoms with Crippen LogP contribution in [-0.2, 0) is 4.74 Å². The molecule has 1 amide bonds. The van der Waals surface area contributed by atoms with Crippen LogP contribution in [0.15, 0.2) is 29.1 Å². The minimum Gasteiger partial charge on any atom is -0.378 e. The summed E-state index contributed by atoms with van der Waals surface area (Å²) in [6.45, 7) is 3.22. The molecule has 0 unspecified atom stereocenters. The van der Waals surface area contributed by atoms with Crippen LogP contribution >= 0.6 is 0 Å². The number of carbonyl (C=O) groups excluding carboxylic acids is 1. The number of para-hydroxylation sites is 1. The Morgan fingerprint density at radius 2 is 2.00 bits per heavy atom. The van der Waals surface area contributed by atoms with Crippen LogP contribution in [0.4, 0.5) is 0 Å². The number of hydrogen-bond acceptors (Lipinski definition) is 5. The lowest BCUT2D eigenvalue weighted by molar-refractivity contribution is 0.0889. The Bertz CT molecular complexity index is 828. The van der Waals surface area contributed by atoms with Gasteiger partial charge >= 0.3 is 0 Å². The molecule has 2 aliphatic rings. The van der Waals surface area contributed by atoms with E-state index in [-0.39, 0.29) is 29.4 Å². The first kappa shape index (κ1) is 16.2. The van der Waals surface area contributed by atoms with Gasteiger partial charge in [0.15, 0.2) is 5.82 Å². The summed E-state index contributed by atoms with van der Waals surface area (Å²) in [6, 6.07) is 7.11. The quantitative estimate of drug-likeness (QED) is 0.866. The number of aromatic nitrogens is 2. The second-order valence-electron chi connectivity index (χ2n) is 6.71. The SMILES string of the molecule is O=C(N[C@H]1COC[C@@H]1N1CCCCC1)c1nc2ccccc2c(=O)[nH]1. The molecule has 0 spiro atoms. The molecule has 1 aromatic heterocycles. The first-order valence-electron chi connectivity index (χ1n) is 8.84. The molecule has 0 bridgehead atoms. The normalized spacial score (nSPS) is 24.5. The zero-order chi connectivity index (χ0) is 17.2. The van der Waals surface area contributed by atoms with Gasteiger partial charge in [0.05, 0.1) is 36.2 Å². The van der Waals surface area contributed by atoms with E-state index >= 15 is 0 Å². The fourth-order valence-electron chi connectivity index (χ4n) is 3.72. The predicted molar refractivity (Wildman–Crippen MR) is 93.6 cm³/mol. The molecular formula is C18H22N4O3. The van der Waals surface area contributed by atoms with Crippen LogP contribution in [0.3, 0.4) is 0 Å². The summed E-state index contributed by atoms with van der Waals surface area (Å²) in [6.07, 6.45) is 3.65. The highest BCUT2D eigenvalue weighted by atomic mass is 16.5. The maximum atomic E-state index is 12.6. The van der Waals surface area contributed by atoms with Crippen molar-refractivity contribution in [3.8, 4) is 0 Å². The predicted octanol–water partition coefficient (Wildman–Crippen LogP) is 0.906. The number of nitrogens with one attached hydrogen (secondary N) is 2. The lowest BCUT2D eigenvalue weighted by atomic mass is 10.0. The first-order chi connectivity index (χ1) is 12.2. The highest BCUT2D eigenvalue weighted by Gasteiger charge is 2.35. The van der Waals surface area contributed by atoms with Crippen LogP contribution in [0.25, 0.3) is 10.9 Å². The number of aromatic amines is 1. The number of rotatable bonds is 3. The van der Waals surface area contributed by atoms with Crippen LogP contribution in [0.2, 0.25) is 0 Å². The topological polar surface area (TPSA) is 87.3 Å². The van der Waals surface area contributed by atoms with E-state index in [1.54, 1.807) is 24.3 Å². The molecule has 7 nitrogen and oxygen atoms in total. The molecule has 4 rings (SSSR count). The van der Waals surface area contributed by atoms with E-state index in [1.807, 2.05) is 0 Å². The number of hydrogen-bond donors (Lipinski definition) is 2. The number of fused-ring (bicyclic) bond motifs is 1. The van der Waals surface area contributed by atoms with Crippen molar-refractivity contribution in [2.75, 3.05) is 26.3 Å². The Morgan fingerprint density at radius 1 is 1.20 bits per heavy atom. The molecule has 2 aliphatic heterocycles. The molecule has 7 heteroatoms. The van der Waals surface area contributed by atoms with Crippen molar-refractivity contribution in [2.24, 2.45) is 0 Å². The summed E-state index contributed by atoms with van der Waals surface area (Å²) >= 11 is 0. The number of carbonyl (C=O) groups is 1. The highest BCUT2D eigenvalue weighted by molar-refractivity contribution is 5.92. The van der Waals surface area contributed by atoms with Crippen LogP contribution in [0.5, 0.6) is 0 Å². The molecule has 2 N–H and O–H groups in total. The van der Waals surface area contributed by atoms with E-state index < -0.39 is 0 Å². The van der Waals surface area contributed by atoms with Gasteiger partial charge in [0, 0.05) is 0 Å². The lowest BCUT2D eigenvalue weighted by Gasteiger charge is -2.34. The first-order valence-corrected chi connectivity index (χ1v) is 8.84. The third kappa shape index (κ3) is 3.29. The van der Waals surface area contributed by atoms with Crippen molar-refractivity contribution in [3.05, 3.63) is 40.4 Å². The van der Waals surface area contributed by atoms with Crippen LogP contribution in [0.1, 0.15) is 29.9 Å². The number of H-pyrrole nitrogens is 1. The van der Waals surface area contributed by atoms with Crippen LogP contribution in [0, 0.1) is 0 Å². The van der Waals surface area contributed by atoms with Gasteiger partial charge in [-0.2, -0.15) is 0 Å². The number of likely N-dealkylation sites (tertiary alicyclic amines) is 1. The maximum Gasteiger partial charge on any atom is 0.287 e. The largest absolute Gasteiger partial charge is 0.378 e. The second-order valence-corrected chi connectivity index (χ2v) is 6.71. The Balaban J connectivity index is 1.52. The van der Waals surface area contributed by atoms with E-state index in [4.69, 9.17) is 4.74 Å². The van der Waals surface area contributed by atoms with Crippen molar-refractivity contribution in [2.45, 2.75) is 31.3 Å². The molecule has 0 radical (unpaired) electrons. The Morgan fingerprint density at radius 3 is 2.84 bits per heavy atom. The zero-order valence-electron chi connectivity index (χ0n) is 14.0. The fourth-order valence-corrected chi connectivity index (χ4v) is 3.72. The number of benzene rings is 1. The standard InChI is InChI=1S/C18H22N4O3/c23-17-12-6-2-3-7-13(12)19-16(21-17)18(24)20-14-10-25-11-15(14)22-8-4-1-5-9-22/h2-3,6-7,14-15H,1,4-5,8-11H2,(H,20,24)(H,19,21,23)/t14-,15-/m0/s1. The number of nitrogens with zero attached hydrogens (tertiary/aromatic N) is 2. The average molecular weight is 342 g/mol.